The molecule has 0 bridgehead atoms. The summed E-state index contributed by atoms with van der Waals surface area (Å²) in [6.07, 6.45) is 3.71. The number of aryl methyl sites for hydroxylation is 1. The van der Waals surface area contributed by atoms with E-state index in [2.05, 4.69) is 74.4 Å². The maximum Gasteiger partial charge on any atom is 0.129 e. The molecule has 0 unspecified atom stereocenters. The van der Waals surface area contributed by atoms with Gasteiger partial charge >= 0.3 is 0 Å². The van der Waals surface area contributed by atoms with Gasteiger partial charge in [-0.25, -0.2) is 0 Å². The molecule has 0 saturated carbocycles. The molecule has 0 heterocycles. The van der Waals surface area contributed by atoms with Crippen LogP contribution in [-0.4, -0.2) is 8.07 Å². The van der Waals surface area contributed by atoms with Crippen molar-refractivity contribution in [3.63, 3.8) is 0 Å². The smallest absolute Gasteiger partial charge is 0.127 e. The molecule has 0 amide bonds. The molecule has 0 atom stereocenters. The zero-order chi connectivity index (χ0) is 14.6. The van der Waals surface area contributed by atoms with E-state index in [1.54, 1.807) is 0 Å². The Balaban J connectivity index is 2.29. The molecule has 0 N–H and O–H groups in total. The van der Waals surface area contributed by atoms with Gasteiger partial charge in [-0.1, -0.05) is 63.2 Å². The van der Waals surface area contributed by atoms with Crippen molar-refractivity contribution in [3.8, 4) is 11.5 Å². The van der Waals surface area contributed by atoms with Crippen LogP contribution >= 0.6 is 0 Å². The van der Waals surface area contributed by atoms with Crippen molar-refractivity contribution in [2.45, 2.75) is 45.8 Å². The summed E-state index contributed by atoms with van der Waals surface area (Å²) < 4.78 is 0. The second kappa shape index (κ2) is 6.28. The zero-order valence-corrected chi connectivity index (χ0v) is 14.1. The first kappa shape index (κ1) is 14.9. The van der Waals surface area contributed by atoms with Crippen LogP contribution in [-0.2, 0) is 6.42 Å². The Labute approximate surface area is 124 Å². The quantitative estimate of drug-likeness (QED) is 0.521. The Kier molecular flexibility index (Phi) is 4.67. The maximum absolute atomic E-state index is 3.43. The molecule has 0 aliphatic carbocycles. The second-order valence-electron chi connectivity index (χ2n) is 6.50. The monoisotopic (exact) mass is 280 g/mol. The Morgan fingerprint density at radius 1 is 0.950 bits per heavy atom. The lowest BCUT2D eigenvalue weighted by Crippen LogP contribution is -2.16. The summed E-state index contributed by atoms with van der Waals surface area (Å²) in [5, 5.41) is 2.63. The molecule has 0 aromatic heterocycles. The van der Waals surface area contributed by atoms with E-state index in [1.807, 2.05) is 0 Å². The maximum atomic E-state index is 3.43. The predicted molar refractivity (Wildman–Crippen MR) is 92.8 cm³/mol. The van der Waals surface area contributed by atoms with Gasteiger partial charge in [-0.15, -0.1) is 5.54 Å². The van der Waals surface area contributed by atoms with Crippen molar-refractivity contribution in [2.24, 2.45) is 0 Å². The highest BCUT2D eigenvalue weighted by molar-refractivity contribution is 6.83. The number of hydrogen-bond donors (Lipinski definition) is 0. The Morgan fingerprint density at radius 2 is 1.65 bits per heavy atom. The highest BCUT2D eigenvalue weighted by Crippen LogP contribution is 2.19. The Hall–Kier alpha value is -1.52. The number of benzene rings is 2. The molecule has 0 aliphatic heterocycles. The largest absolute Gasteiger partial charge is 0.129 e. The van der Waals surface area contributed by atoms with E-state index < -0.39 is 8.07 Å². The standard InChI is InChI=1S/C19H24Si/c1-5-6-7-16-8-10-19-15-17(9-11-18(19)14-16)12-13-20(2,3)4/h8-11,14-15H,5-7H2,1-4H3. The molecule has 0 fully saturated rings. The molecule has 0 spiro atoms. The number of rotatable bonds is 3. The number of fused-ring (bicyclic) bond motifs is 1. The van der Waals surface area contributed by atoms with E-state index in [9.17, 15) is 0 Å². The summed E-state index contributed by atoms with van der Waals surface area (Å²) in [5.41, 5.74) is 6.02. The van der Waals surface area contributed by atoms with Gasteiger partial charge in [0, 0.05) is 5.56 Å². The molecule has 0 aliphatic rings. The van der Waals surface area contributed by atoms with Gasteiger partial charge in [0.05, 0.1) is 0 Å². The van der Waals surface area contributed by atoms with Gasteiger partial charge < -0.3 is 0 Å². The predicted octanol–water partition coefficient (Wildman–Crippen LogP) is 5.41. The molecular weight excluding hydrogens is 256 g/mol. The van der Waals surface area contributed by atoms with Crippen molar-refractivity contribution >= 4 is 18.8 Å². The molecule has 104 valence electrons. The summed E-state index contributed by atoms with van der Waals surface area (Å²) in [6.45, 7) is 9.08. The van der Waals surface area contributed by atoms with E-state index in [-0.39, 0.29) is 0 Å². The van der Waals surface area contributed by atoms with Crippen molar-refractivity contribution in [1.82, 2.24) is 0 Å². The molecule has 0 saturated heterocycles. The van der Waals surface area contributed by atoms with E-state index in [4.69, 9.17) is 0 Å². The topological polar surface area (TPSA) is 0 Å². The fraction of sp³-hybridized carbons (Fsp3) is 0.368. The fourth-order valence-corrected chi connectivity index (χ4v) is 2.69. The molecule has 0 nitrogen and oxygen atoms in total. The van der Waals surface area contributed by atoms with E-state index in [0.29, 0.717) is 0 Å². The van der Waals surface area contributed by atoms with Crippen molar-refractivity contribution in [2.75, 3.05) is 0 Å². The summed E-state index contributed by atoms with van der Waals surface area (Å²) in [5.74, 6) is 3.34. The summed E-state index contributed by atoms with van der Waals surface area (Å²) >= 11 is 0. The first-order valence-corrected chi connectivity index (χ1v) is 11.0. The summed E-state index contributed by atoms with van der Waals surface area (Å²) in [4.78, 5) is 0. The van der Waals surface area contributed by atoms with Gasteiger partial charge in [0.15, 0.2) is 0 Å². The molecule has 2 rings (SSSR count). The Bertz CT molecular complexity index is 651. The van der Waals surface area contributed by atoms with Crippen LogP contribution in [0.15, 0.2) is 36.4 Å². The van der Waals surface area contributed by atoms with E-state index in [1.165, 1.54) is 35.6 Å². The minimum Gasteiger partial charge on any atom is -0.127 e. The van der Waals surface area contributed by atoms with Gasteiger partial charge in [-0.2, -0.15) is 0 Å². The van der Waals surface area contributed by atoms with Crippen LogP contribution in [0.4, 0.5) is 0 Å². The minimum atomic E-state index is -1.29. The van der Waals surface area contributed by atoms with E-state index >= 15 is 0 Å². The van der Waals surface area contributed by atoms with Crippen LogP contribution in [0.2, 0.25) is 19.6 Å². The fourth-order valence-electron chi connectivity index (χ4n) is 2.17. The lowest BCUT2D eigenvalue weighted by Gasteiger charge is -2.05. The molecule has 1 heteroatoms. The van der Waals surface area contributed by atoms with Gasteiger partial charge in [0.2, 0.25) is 0 Å². The van der Waals surface area contributed by atoms with Crippen LogP contribution in [0.25, 0.3) is 10.8 Å². The highest BCUT2D eigenvalue weighted by Gasteiger charge is 2.07. The number of hydrogen-bond acceptors (Lipinski definition) is 0. The third-order valence-corrected chi connectivity index (χ3v) is 4.18. The van der Waals surface area contributed by atoms with Crippen LogP contribution < -0.4 is 0 Å². The first-order valence-electron chi connectivity index (χ1n) is 7.54. The van der Waals surface area contributed by atoms with Crippen LogP contribution in [0.5, 0.6) is 0 Å². The van der Waals surface area contributed by atoms with Gasteiger partial charge in [-0.3, -0.25) is 0 Å². The third-order valence-electron chi connectivity index (χ3n) is 3.31. The summed E-state index contributed by atoms with van der Waals surface area (Å²) in [6, 6.07) is 13.4. The number of unbranched alkanes of at least 4 members (excludes halogenated alkanes) is 1. The summed E-state index contributed by atoms with van der Waals surface area (Å²) in [7, 11) is -1.29. The second-order valence-corrected chi connectivity index (χ2v) is 11.2. The zero-order valence-electron chi connectivity index (χ0n) is 13.1. The van der Waals surface area contributed by atoms with Crippen LogP contribution in [0, 0.1) is 11.5 Å². The molecule has 20 heavy (non-hydrogen) atoms. The average Bonchev–Trinajstić information content (AvgIpc) is 2.41. The first-order chi connectivity index (χ1) is 9.48. The normalized spacial score (nSPS) is 11.2. The van der Waals surface area contributed by atoms with Crippen molar-refractivity contribution < 1.29 is 0 Å². The van der Waals surface area contributed by atoms with Crippen LogP contribution in [0.3, 0.4) is 0 Å². The van der Waals surface area contributed by atoms with Gasteiger partial charge in [-0.05, 0) is 41.3 Å². The average molecular weight is 280 g/mol. The molecule has 2 aromatic carbocycles. The minimum absolute atomic E-state index is 1.14. The highest BCUT2D eigenvalue weighted by atomic mass is 28.3. The Morgan fingerprint density at radius 3 is 2.35 bits per heavy atom. The lowest BCUT2D eigenvalue weighted by atomic mass is 10.0. The van der Waals surface area contributed by atoms with Crippen molar-refractivity contribution in [3.05, 3.63) is 47.5 Å². The third kappa shape index (κ3) is 4.25. The lowest BCUT2D eigenvalue weighted by molar-refractivity contribution is 0.796. The molecule has 2 aromatic rings. The van der Waals surface area contributed by atoms with Crippen LogP contribution in [0.1, 0.15) is 30.9 Å². The molecular formula is C19H24Si. The van der Waals surface area contributed by atoms with Gasteiger partial charge in [0.1, 0.15) is 8.07 Å². The van der Waals surface area contributed by atoms with Gasteiger partial charge in [0.25, 0.3) is 0 Å². The SMILES string of the molecule is CCCCc1ccc2cc(C#C[Si](C)(C)C)ccc2c1. The van der Waals surface area contributed by atoms with Crippen molar-refractivity contribution in [1.29, 1.82) is 0 Å². The van der Waals surface area contributed by atoms with E-state index in [0.717, 1.165) is 5.56 Å². The molecule has 0 radical (unpaired) electrons.